The van der Waals surface area contributed by atoms with Crippen LogP contribution in [0, 0.1) is 5.82 Å². The Balaban J connectivity index is 1.81. The highest BCUT2D eigenvalue weighted by molar-refractivity contribution is 6.02. The molecule has 2 aromatic carbocycles. The van der Waals surface area contributed by atoms with Gasteiger partial charge in [0, 0.05) is 19.8 Å². The molecule has 2 N–H and O–H groups in total. The zero-order chi connectivity index (χ0) is 19.1. The van der Waals surface area contributed by atoms with Gasteiger partial charge >= 0.3 is 12.0 Å². The lowest BCUT2D eigenvalue weighted by molar-refractivity contribution is -0.123. The summed E-state index contributed by atoms with van der Waals surface area (Å²) in [4.78, 5) is 37.1. The Bertz CT molecular complexity index is 806. The molecule has 0 aliphatic carbocycles. The number of esters is 1. The summed E-state index contributed by atoms with van der Waals surface area (Å²) in [6.45, 7) is -0.640. The van der Waals surface area contributed by atoms with Crippen LogP contribution in [0.3, 0.4) is 0 Å². The lowest BCUT2D eigenvalue weighted by Crippen LogP contribution is -2.37. The van der Waals surface area contributed by atoms with Crippen molar-refractivity contribution in [2.45, 2.75) is 0 Å². The zero-order valence-electron chi connectivity index (χ0n) is 14.3. The average Bonchev–Trinajstić information content (AvgIpc) is 2.61. The molecule has 0 atom stereocenters. The van der Waals surface area contributed by atoms with Gasteiger partial charge in [-0.25, -0.2) is 14.0 Å². The largest absolute Gasteiger partial charge is 0.452 e. The van der Waals surface area contributed by atoms with E-state index in [4.69, 9.17) is 4.74 Å². The van der Waals surface area contributed by atoms with E-state index in [-0.39, 0.29) is 11.3 Å². The fraction of sp³-hybridized carbons (Fsp3) is 0.167. The number of nitrogens with zero attached hydrogens (tertiary/aromatic N) is 1. The molecule has 0 saturated heterocycles. The van der Waals surface area contributed by atoms with Crippen LogP contribution in [0.15, 0.2) is 48.5 Å². The van der Waals surface area contributed by atoms with Gasteiger partial charge in [-0.05, 0) is 36.4 Å². The van der Waals surface area contributed by atoms with Crippen LogP contribution in [-0.2, 0) is 9.53 Å². The second kappa shape index (κ2) is 8.61. The Kier molecular flexibility index (Phi) is 6.26. The van der Waals surface area contributed by atoms with E-state index < -0.39 is 30.3 Å². The van der Waals surface area contributed by atoms with Crippen molar-refractivity contribution < 1.29 is 23.5 Å². The van der Waals surface area contributed by atoms with Gasteiger partial charge < -0.3 is 15.0 Å². The topological polar surface area (TPSA) is 87.7 Å². The number of hydrogen-bond acceptors (Lipinski definition) is 5. The smallest absolute Gasteiger partial charge is 0.338 e. The number of hydrogen-bond donors (Lipinski definition) is 2. The Labute approximate surface area is 149 Å². The summed E-state index contributed by atoms with van der Waals surface area (Å²) in [6, 6.07) is 11.2. The van der Waals surface area contributed by atoms with Crippen molar-refractivity contribution in [1.82, 2.24) is 5.32 Å². The van der Waals surface area contributed by atoms with Gasteiger partial charge in [-0.1, -0.05) is 12.1 Å². The molecule has 0 fully saturated rings. The van der Waals surface area contributed by atoms with E-state index >= 15 is 0 Å². The Morgan fingerprint density at radius 1 is 1.04 bits per heavy atom. The molecule has 2 aromatic rings. The molecule has 26 heavy (non-hydrogen) atoms. The number of amides is 3. The highest BCUT2D eigenvalue weighted by Crippen LogP contribution is 2.13. The van der Waals surface area contributed by atoms with Gasteiger partial charge in [0.25, 0.3) is 5.91 Å². The van der Waals surface area contributed by atoms with Gasteiger partial charge in [0.15, 0.2) is 6.61 Å². The number of halogens is 1. The van der Waals surface area contributed by atoms with Crippen LogP contribution in [0.5, 0.6) is 0 Å². The molecule has 0 aliphatic heterocycles. The van der Waals surface area contributed by atoms with Crippen LogP contribution in [0.25, 0.3) is 0 Å². The van der Waals surface area contributed by atoms with E-state index in [2.05, 4.69) is 5.32 Å². The Morgan fingerprint density at radius 3 is 2.31 bits per heavy atom. The number of nitrogens with one attached hydrogen (secondary N) is 2. The summed E-state index contributed by atoms with van der Waals surface area (Å²) in [5, 5.41) is 4.13. The standard InChI is InChI=1S/C18H18FN3O4/c1-22(2)13-9-7-12(8-10-13)17(24)26-11-16(23)21-18(25)20-15-6-4-3-5-14(15)19/h3-10H,11H2,1-2H3,(H2,20,21,23,25). The quantitative estimate of drug-likeness (QED) is 0.801. The zero-order valence-corrected chi connectivity index (χ0v) is 14.3. The van der Waals surface area contributed by atoms with E-state index in [1.807, 2.05) is 24.3 Å². The van der Waals surface area contributed by atoms with Crippen LogP contribution in [-0.4, -0.2) is 38.6 Å². The number of ether oxygens (including phenoxy) is 1. The molecular weight excluding hydrogens is 341 g/mol. The van der Waals surface area contributed by atoms with Gasteiger partial charge in [0.2, 0.25) is 0 Å². The molecule has 0 radical (unpaired) electrons. The van der Waals surface area contributed by atoms with Gasteiger partial charge in [-0.15, -0.1) is 0 Å². The number of para-hydroxylation sites is 1. The predicted octanol–water partition coefficient (Wildman–Crippen LogP) is 2.40. The maximum Gasteiger partial charge on any atom is 0.338 e. The van der Waals surface area contributed by atoms with Gasteiger partial charge in [-0.3, -0.25) is 10.1 Å². The van der Waals surface area contributed by atoms with Crippen LogP contribution in [0.4, 0.5) is 20.6 Å². The van der Waals surface area contributed by atoms with Gasteiger partial charge in [-0.2, -0.15) is 0 Å². The molecule has 3 amide bonds. The fourth-order valence-corrected chi connectivity index (χ4v) is 1.99. The molecule has 2 rings (SSSR count). The minimum atomic E-state index is -0.925. The second-order valence-corrected chi connectivity index (χ2v) is 5.50. The molecule has 0 aliphatic rings. The third-order valence-electron chi connectivity index (χ3n) is 3.33. The number of imide groups is 1. The molecule has 7 nitrogen and oxygen atoms in total. The van der Waals surface area contributed by atoms with Crippen molar-refractivity contribution in [2.24, 2.45) is 0 Å². The molecule has 0 aromatic heterocycles. The van der Waals surface area contributed by atoms with Crippen molar-refractivity contribution in [1.29, 1.82) is 0 Å². The molecule has 0 spiro atoms. The van der Waals surface area contributed by atoms with Crippen molar-refractivity contribution in [3.63, 3.8) is 0 Å². The van der Waals surface area contributed by atoms with Crippen LogP contribution >= 0.6 is 0 Å². The van der Waals surface area contributed by atoms with E-state index in [9.17, 15) is 18.8 Å². The lowest BCUT2D eigenvalue weighted by atomic mass is 10.2. The van der Waals surface area contributed by atoms with Crippen LogP contribution in [0.1, 0.15) is 10.4 Å². The summed E-state index contributed by atoms with van der Waals surface area (Å²) in [7, 11) is 3.73. The Hall–Kier alpha value is -3.42. The summed E-state index contributed by atoms with van der Waals surface area (Å²) in [5.41, 5.74) is 1.11. The van der Waals surface area contributed by atoms with Gasteiger partial charge in [0.1, 0.15) is 5.82 Å². The molecule has 0 bridgehead atoms. The minimum Gasteiger partial charge on any atom is -0.452 e. The first-order valence-corrected chi connectivity index (χ1v) is 7.66. The van der Waals surface area contributed by atoms with Crippen LogP contribution < -0.4 is 15.5 Å². The van der Waals surface area contributed by atoms with Crippen LogP contribution in [0.2, 0.25) is 0 Å². The third kappa shape index (κ3) is 5.30. The first kappa shape index (κ1) is 18.9. The van der Waals surface area contributed by atoms with Gasteiger partial charge in [0.05, 0.1) is 11.3 Å². The SMILES string of the molecule is CN(C)c1ccc(C(=O)OCC(=O)NC(=O)Nc2ccccc2F)cc1. The normalized spacial score (nSPS) is 9.96. The maximum absolute atomic E-state index is 13.4. The fourth-order valence-electron chi connectivity index (χ4n) is 1.99. The number of carbonyl (C=O) groups excluding carboxylic acids is 3. The highest BCUT2D eigenvalue weighted by Gasteiger charge is 2.13. The lowest BCUT2D eigenvalue weighted by Gasteiger charge is -2.12. The number of anilines is 2. The van der Waals surface area contributed by atoms with Crippen molar-refractivity contribution in [3.05, 3.63) is 59.9 Å². The molecule has 0 heterocycles. The predicted molar refractivity (Wildman–Crippen MR) is 94.6 cm³/mol. The van der Waals surface area contributed by atoms with E-state index in [0.717, 1.165) is 5.69 Å². The van der Waals surface area contributed by atoms with E-state index in [0.29, 0.717) is 0 Å². The first-order valence-electron chi connectivity index (χ1n) is 7.66. The molecule has 8 heteroatoms. The Morgan fingerprint density at radius 2 is 1.69 bits per heavy atom. The summed E-state index contributed by atoms with van der Waals surface area (Å²) < 4.78 is 18.3. The number of carbonyl (C=O) groups is 3. The number of benzene rings is 2. The average molecular weight is 359 g/mol. The molecule has 136 valence electrons. The number of rotatable bonds is 5. The minimum absolute atomic E-state index is 0.0734. The maximum atomic E-state index is 13.4. The monoisotopic (exact) mass is 359 g/mol. The second-order valence-electron chi connectivity index (χ2n) is 5.50. The van der Waals surface area contributed by atoms with E-state index in [1.165, 1.54) is 24.3 Å². The first-order chi connectivity index (χ1) is 12.4. The summed E-state index contributed by atoms with van der Waals surface area (Å²) in [6.07, 6.45) is 0. The highest BCUT2D eigenvalue weighted by atomic mass is 19.1. The number of urea groups is 1. The van der Waals surface area contributed by atoms with E-state index in [1.54, 1.807) is 24.3 Å². The summed E-state index contributed by atoms with van der Waals surface area (Å²) >= 11 is 0. The molecule has 0 unspecified atom stereocenters. The summed E-state index contributed by atoms with van der Waals surface area (Å²) in [5.74, 6) is -2.17. The molecular formula is C18H18FN3O4. The van der Waals surface area contributed by atoms with Crippen molar-refractivity contribution in [2.75, 3.05) is 30.9 Å². The van der Waals surface area contributed by atoms with Crippen molar-refractivity contribution in [3.8, 4) is 0 Å². The van der Waals surface area contributed by atoms with Crippen molar-refractivity contribution >= 4 is 29.3 Å². The molecule has 0 saturated carbocycles. The third-order valence-corrected chi connectivity index (χ3v) is 3.33.